The number of piperidine rings is 1. The Morgan fingerprint density at radius 3 is 2.89 bits per heavy atom. The van der Waals surface area contributed by atoms with Gasteiger partial charge in [-0.3, -0.25) is 4.90 Å². The molecule has 0 spiro atoms. The van der Waals surface area contributed by atoms with Crippen LogP contribution in [0.1, 0.15) is 39.2 Å². The van der Waals surface area contributed by atoms with Gasteiger partial charge in [0.25, 0.3) is 0 Å². The summed E-state index contributed by atoms with van der Waals surface area (Å²) in [6.07, 6.45) is 2.89. The van der Waals surface area contributed by atoms with E-state index in [1.807, 2.05) is 0 Å². The summed E-state index contributed by atoms with van der Waals surface area (Å²) in [4.78, 5) is 2.54. The van der Waals surface area contributed by atoms with E-state index < -0.39 is 0 Å². The molecule has 1 saturated heterocycles. The maximum Gasteiger partial charge on any atom is 0.138 e. The van der Waals surface area contributed by atoms with Gasteiger partial charge in [-0.2, -0.15) is 0 Å². The van der Waals surface area contributed by atoms with Crippen molar-refractivity contribution in [1.82, 2.24) is 4.90 Å². The first kappa shape index (κ1) is 14.9. The van der Waals surface area contributed by atoms with Gasteiger partial charge < -0.3 is 4.74 Å². The molecule has 1 aromatic rings. The fraction of sp³-hybridized carbons (Fsp3) is 0.625. The van der Waals surface area contributed by atoms with Crippen molar-refractivity contribution in [1.29, 1.82) is 0 Å². The number of hydrogen-bond donors (Lipinski definition) is 0. The second-order valence-electron chi connectivity index (χ2n) is 5.88. The molecule has 1 heterocycles. The molecule has 1 aromatic carbocycles. The summed E-state index contributed by atoms with van der Waals surface area (Å²) in [5.74, 6) is 1.83. The van der Waals surface area contributed by atoms with Crippen LogP contribution in [0.25, 0.3) is 0 Å². The van der Waals surface area contributed by atoms with Gasteiger partial charge in [0, 0.05) is 18.7 Å². The topological polar surface area (TPSA) is 12.5 Å². The number of hydrogen-bond acceptors (Lipinski definition) is 2. The standard InChI is InChI=1S/C16H24BrNO/c1-12(2)19-16-14(7-4-8-15(16)17)11-18-9-5-6-13(3)10-18/h4,7-8,12-13H,5-6,9-11H2,1-3H3. The third-order valence-corrected chi connectivity index (χ3v) is 4.16. The highest BCUT2D eigenvalue weighted by Gasteiger charge is 2.18. The van der Waals surface area contributed by atoms with Crippen molar-refractivity contribution in [2.24, 2.45) is 5.92 Å². The number of halogens is 1. The van der Waals surface area contributed by atoms with Gasteiger partial charge in [-0.15, -0.1) is 0 Å². The SMILES string of the molecule is CC1CCCN(Cc2cccc(Br)c2OC(C)C)C1. The van der Waals surface area contributed by atoms with Crippen LogP contribution in [0.3, 0.4) is 0 Å². The first-order valence-electron chi connectivity index (χ1n) is 7.22. The molecule has 1 atom stereocenters. The highest BCUT2D eigenvalue weighted by atomic mass is 79.9. The molecule has 1 unspecified atom stereocenters. The van der Waals surface area contributed by atoms with E-state index in [4.69, 9.17) is 4.74 Å². The quantitative estimate of drug-likeness (QED) is 0.809. The summed E-state index contributed by atoms with van der Waals surface area (Å²) >= 11 is 3.61. The fourth-order valence-corrected chi connectivity index (χ4v) is 3.22. The molecule has 0 radical (unpaired) electrons. The van der Waals surface area contributed by atoms with Gasteiger partial charge in [0.1, 0.15) is 5.75 Å². The minimum Gasteiger partial charge on any atom is -0.489 e. The molecule has 0 aromatic heterocycles. The Morgan fingerprint density at radius 2 is 2.21 bits per heavy atom. The van der Waals surface area contributed by atoms with E-state index in [-0.39, 0.29) is 6.10 Å². The lowest BCUT2D eigenvalue weighted by Gasteiger charge is -2.31. The Kier molecular flexibility index (Phi) is 5.28. The van der Waals surface area contributed by atoms with Crippen molar-refractivity contribution in [2.75, 3.05) is 13.1 Å². The maximum absolute atomic E-state index is 5.97. The number of rotatable bonds is 4. The van der Waals surface area contributed by atoms with Crippen molar-refractivity contribution < 1.29 is 4.74 Å². The Balaban J connectivity index is 2.12. The number of benzene rings is 1. The third-order valence-electron chi connectivity index (χ3n) is 3.54. The van der Waals surface area contributed by atoms with Gasteiger partial charge in [-0.05, 0) is 61.1 Å². The zero-order valence-corrected chi connectivity index (χ0v) is 13.7. The summed E-state index contributed by atoms with van der Waals surface area (Å²) in [6, 6.07) is 6.34. The molecule has 0 aliphatic carbocycles. The van der Waals surface area contributed by atoms with Crippen LogP contribution in [-0.2, 0) is 6.54 Å². The van der Waals surface area contributed by atoms with E-state index in [1.165, 1.54) is 31.5 Å². The van der Waals surface area contributed by atoms with Crippen LogP contribution in [-0.4, -0.2) is 24.1 Å². The Morgan fingerprint density at radius 1 is 1.42 bits per heavy atom. The second-order valence-corrected chi connectivity index (χ2v) is 6.73. The van der Waals surface area contributed by atoms with Crippen LogP contribution in [0.4, 0.5) is 0 Å². The van der Waals surface area contributed by atoms with Crippen LogP contribution in [0, 0.1) is 5.92 Å². The second kappa shape index (κ2) is 6.76. The Hall–Kier alpha value is -0.540. The Bertz CT molecular complexity index is 419. The molecule has 0 amide bonds. The monoisotopic (exact) mass is 325 g/mol. The van der Waals surface area contributed by atoms with E-state index in [0.29, 0.717) is 0 Å². The lowest BCUT2D eigenvalue weighted by molar-refractivity contribution is 0.171. The van der Waals surface area contributed by atoms with Crippen LogP contribution in [0.5, 0.6) is 5.75 Å². The highest BCUT2D eigenvalue weighted by Crippen LogP contribution is 2.31. The molecule has 0 N–H and O–H groups in total. The molecule has 2 nitrogen and oxygen atoms in total. The average Bonchev–Trinajstić information content (AvgIpc) is 2.33. The van der Waals surface area contributed by atoms with Crippen molar-refractivity contribution >= 4 is 15.9 Å². The third kappa shape index (κ3) is 4.22. The van der Waals surface area contributed by atoms with Gasteiger partial charge in [-0.1, -0.05) is 19.1 Å². The summed E-state index contributed by atoms with van der Waals surface area (Å²) in [6.45, 7) is 9.90. The van der Waals surface area contributed by atoms with Crippen molar-refractivity contribution in [3.8, 4) is 5.75 Å². The summed E-state index contributed by atoms with van der Waals surface area (Å²) in [5.41, 5.74) is 1.29. The predicted octanol–water partition coefficient (Wildman–Crippen LogP) is 4.47. The van der Waals surface area contributed by atoms with Gasteiger partial charge in [0.15, 0.2) is 0 Å². The first-order chi connectivity index (χ1) is 9.06. The van der Waals surface area contributed by atoms with Crippen molar-refractivity contribution in [3.05, 3.63) is 28.2 Å². The zero-order chi connectivity index (χ0) is 13.8. The molecule has 2 rings (SSSR count). The minimum atomic E-state index is 0.206. The highest BCUT2D eigenvalue weighted by molar-refractivity contribution is 9.10. The summed E-state index contributed by atoms with van der Waals surface area (Å²) < 4.78 is 7.03. The molecular formula is C16H24BrNO. The van der Waals surface area contributed by atoms with Crippen molar-refractivity contribution in [3.63, 3.8) is 0 Å². The molecule has 1 fully saturated rings. The smallest absolute Gasteiger partial charge is 0.138 e. The van der Waals surface area contributed by atoms with Crippen LogP contribution >= 0.6 is 15.9 Å². The molecule has 1 aliphatic heterocycles. The van der Waals surface area contributed by atoms with Crippen LogP contribution < -0.4 is 4.74 Å². The van der Waals surface area contributed by atoms with Crippen LogP contribution in [0.15, 0.2) is 22.7 Å². The molecular weight excluding hydrogens is 302 g/mol. The van der Waals surface area contributed by atoms with Crippen molar-refractivity contribution in [2.45, 2.75) is 46.3 Å². The molecule has 0 saturated carbocycles. The van der Waals surface area contributed by atoms with E-state index >= 15 is 0 Å². The molecule has 106 valence electrons. The first-order valence-corrected chi connectivity index (χ1v) is 8.02. The lowest BCUT2D eigenvalue weighted by Crippen LogP contribution is -2.33. The van der Waals surface area contributed by atoms with Gasteiger partial charge >= 0.3 is 0 Å². The van der Waals surface area contributed by atoms with Gasteiger partial charge in [0.2, 0.25) is 0 Å². The van der Waals surface area contributed by atoms with Crippen LogP contribution in [0.2, 0.25) is 0 Å². The number of ether oxygens (including phenoxy) is 1. The summed E-state index contributed by atoms with van der Waals surface area (Å²) in [5, 5.41) is 0. The number of para-hydroxylation sites is 1. The normalized spacial score (nSPS) is 20.8. The molecule has 3 heteroatoms. The summed E-state index contributed by atoms with van der Waals surface area (Å²) in [7, 11) is 0. The zero-order valence-electron chi connectivity index (χ0n) is 12.2. The number of nitrogens with zero attached hydrogens (tertiary/aromatic N) is 1. The van der Waals surface area contributed by atoms with E-state index in [2.05, 4.69) is 59.8 Å². The van der Waals surface area contributed by atoms with Gasteiger partial charge in [-0.25, -0.2) is 0 Å². The maximum atomic E-state index is 5.97. The van der Waals surface area contributed by atoms with Gasteiger partial charge in [0.05, 0.1) is 10.6 Å². The fourth-order valence-electron chi connectivity index (χ4n) is 2.72. The average molecular weight is 326 g/mol. The molecule has 1 aliphatic rings. The van der Waals surface area contributed by atoms with E-state index in [0.717, 1.165) is 22.7 Å². The predicted molar refractivity (Wildman–Crippen MR) is 83.6 cm³/mol. The lowest BCUT2D eigenvalue weighted by atomic mass is 10.00. The molecule has 19 heavy (non-hydrogen) atoms. The van der Waals surface area contributed by atoms with E-state index in [9.17, 15) is 0 Å². The largest absolute Gasteiger partial charge is 0.489 e. The van der Waals surface area contributed by atoms with E-state index in [1.54, 1.807) is 0 Å². The minimum absolute atomic E-state index is 0.206. The Labute approximate surface area is 125 Å². The number of likely N-dealkylation sites (tertiary alicyclic amines) is 1. The molecule has 0 bridgehead atoms.